The van der Waals surface area contributed by atoms with Gasteiger partial charge in [-0.25, -0.2) is 4.98 Å². The summed E-state index contributed by atoms with van der Waals surface area (Å²) >= 11 is 5.81. The molecule has 2 unspecified atom stereocenters. The zero-order valence-corrected chi connectivity index (χ0v) is 11.1. The van der Waals surface area contributed by atoms with Gasteiger partial charge in [-0.2, -0.15) is 0 Å². The van der Waals surface area contributed by atoms with Crippen LogP contribution in [0.3, 0.4) is 0 Å². The molecule has 0 amide bonds. The van der Waals surface area contributed by atoms with E-state index in [2.05, 4.69) is 24.9 Å². The minimum Gasteiger partial charge on any atom is -0.369 e. The normalized spacial score (nSPS) is 34.2. The second-order valence-electron chi connectivity index (χ2n) is 5.99. The molecular formula is C14H18ClNO. The number of epoxide rings is 1. The molecule has 1 spiro atoms. The van der Waals surface area contributed by atoms with E-state index in [4.69, 9.17) is 16.3 Å². The minimum absolute atomic E-state index is 0.145. The van der Waals surface area contributed by atoms with Gasteiger partial charge in [0.1, 0.15) is 5.15 Å². The van der Waals surface area contributed by atoms with Crippen molar-refractivity contribution in [2.45, 2.75) is 38.7 Å². The van der Waals surface area contributed by atoms with Crippen LogP contribution in [0.25, 0.3) is 0 Å². The highest BCUT2D eigenvalue weighted by molar-refractivity contribution is 6.29. The lowest BCUT2D eigenvalue weighted by molar-refractivity contribution is 0.136. The smallest absolute Gasteiger partial charge is 0.129 e. The van der Waals surface area contributed by atoms with Gasteiger partial charge in [0.15, 0.2) is 0 Å². The SMILES string of the molecule is CC1(C)CCC(Cc2ccc(Cl)nc2)C12CO2. The molecule has 2 nitrogen and oxygen atoms in total. The summed E-state index contributed by atoms with van der Waals surface area (Å²) in [6.45, 7) is 5.60. The maximum atomic E-state index is 5.83. The van der Waals surface area contributed by atoms with E-state index in [1.54, 1.807) is 0 Å². The predicted octanol–water partition coefficient (Wildman–Crippen LogP) is 3.48. The number of pyridine rings is 1. The lowest BCUT2D eigenvalue weighted by atomic mass is 9.77. The third-order valence-electron chi connectivity index (χ3n) is 4.65. The van der Waals surface area contributed by atoms with E-state index in [0.29, 0.717) is 16.5 Å². The summed E-state index contributed by atoms with van der Waals surface area (Å²) in [5.74, 6) is 0.639. The fraction of sp³-hybridized carbons (Fsp3) is 0.643. The van der Waals surface area contributed by atoms with E-state index >= 15 is 0 Å². The van der Waals surface area contributed by atoms with Crippen LogP contribution in [-0.4, -0.2) is 17.2 Å². The molecule has 1 aliphatic heterocycles. The van der Waals surface area contributed by atoms with Crippen LogP contribution in [0.2, 0.25) is 5.15 Å². The highest BCUT2D eigenvalue weighted by atomic mass is 35.5. The standard InChI is InChI=1S/C14H18ClNO/c1-13(2)6-5-11(14(13)9-17-14)7-10-3-4-12(15)16-8-10/h3-4,8,11H,5-7,9H2,1-2H3. The number of aromatic nitrogens is 1. The average molecular weight is 252 g/mol. The van der Waals surface area contributed by atoms with Gasteiger partial charge in [-0.05, 0) is 42.2 Å². The Hall–Kier alpha value is -0.600. The molecule has 0 radical (unpaired) electrons. The van der Waals surface area contributed by atoms with E-state index in [-0.39, 0.29) is 5.60 Å². The molecule has 0 aromatic carbocycles. The maximum Gasteiger partial charge on any atom is 0.129 e. The van der Waals surface area contributed by atoms with Crippen molar-refractivity contribution >= 4 is 11.6 Å². The fourth-order valence-electron chi connectivity index (χ4n) is 3.32. The molecule has 2 fully saturated rings. The lowest BCUT2D eigenvalue weighted by Gasteiger charge is -2.27. The first-order valence-electron chi connectivity index (χ1n) is 6.28. The van der Waals surface area contributed by atoms with Gasteiger partial charge < -0.3 is 4.74 Å². The molecule has 1 saturated carbocycles. The van der Waals surface area contributed by atoms with Gasteiger partial charge in [0, 0.05) is 6.20 Å². The van der Waals surface area contributed by atoms with Crippen molar-refractivity contribution in [2.75, 3.05) is 6.61 Å². The first-order chi connectivity index (χ1) is 8.03. The quantitative estimate of drug-likeness (QED) is 0.594. The summed E-state index contributed by atoms with van der Waals surface area (Å²) in [7, 11) is 0. The van der Waals surface area contributed by atoms with Crippen LogP contribution in [0, 0.1) is 11.3 Å². The number of nitrogens with zero attached hydrogens (tertiary/aromatic N) is 1. The molecule has 2 atom stereocenters. The molecular weight excluding hydrogens is 234 g/mol. The molecule has 3 rings (SSSR count). The second-order valence-corrected chi connectivity index (χ2v) is 6.38. The number of ether oxygens (including phenoxy) is 1. The summed E-state index contributed by atoms with van der Waals surface area (Å²) in [6.07, 6.45) is 5.48. The van der Waals surface area contributed by atoms with Crippen molar-refractivity contribution in [1.82, 2.24) is 4.98 Å². The fourth-order valence-corrected chi connectivity index (χ4v) is 3.43. The van der Waals surface area contributed by atoms with E-state index < -0.39 is 0 Å². The van der Waals surface area contributed by atoms with Crippen LogP contribution in [0.1, 0.15) is 32.3 Å². The Morgan fingerprint density at radius 3 is 2.82 bits per heavy atom. The van der Waals surface area contributed by atoms with Gasteiger partial charge in [-0.3, -0.25) is 0 Å². The molecule has 3 heteroatoms. The van der Waals surface area contributed by atoms with Crippen LogP contribution in [-0.2, 0) is 11.2 Å². The summed E-state index contributed by atoms with van der Waals surface area (Å²) in [4.78, 5) is 4.15. The first-order valence-corrected chi connectivity index (χ1v) is 6.66. The van der Waals surface area contributed by atoms with Gasteiger partial charge in [-0.1, -0.05) is 31.5 Å². The van der Waals surface area contributed by atoms with E-state index in [9.17, 15) is 0 Å². The number of hydrogen-bond acceptors (Lipinski definition) is 2. The van der Waals surface area contributed by atoms with E-state index in [1.165, 1.54) is 18.4 Å². The Morgan fingerprint density at radius 1 is 1.47 bits per heavy atom. The molecule has 1 aromatic rings. The number of hydrogen-bond donors (Lipinski definition) is 0. The highest BCUT2D eigenvalue weighted by Crippen LogP contribution is 2.59. The molecule has 1 aromatic heterocycles. The molecule has 0 N–H and O–H groups in total. The lowest BCUT2D eigenvalue weighted by Crippen LogP contribution is -2.33. The monoisotopic (exact) mass is 251 g/mol. The topological polar surface area (TPSA) is 25.4 Å². The van der Waals surface area contributed by atoms with Gasteiger partial charge in [0.05, 0.1) is 12.2 Å². The molecule has 17 heavy (non-hydrogen) atoms. The van der Waals surface area contributed by atoms with Crippen molar-refractivity contribution < 1.29 is 4.74 Å². The zero-order valence-electron chi connectivity index (χ0n) is 10.4. The second kappa shape index (κ2) is 3.69. The van der Waals surface area contributed by atoms with Crippen LogP contribution in [0.15, 0.2) is 18.3 Å². The summed E-state index contributed by atoms with van der Waals surface area (Å²) in [5.41, 5.74) is 1.75. The van der Waals surface area contributed by atoms with Crippen molar-refractivity contribution in [2.24, 2.45) is 11.3 Å². The number of rotatable bonds is 2. The summed E-state index contributed by atoms with van der Waals surface area (Å²) in [6, 6.07) is 3.95. The Kier molecular flexibility index (Phi) is 2.50. The van der Waals surface area contributed by atoms with Gasteiger partial charge >= 0.3 is 0 Å². The third kappa shape index (κ3) is 1.78. The predicted molar refractivity (Wildman–Crippen MR) is 68.1 cm³/mol. The van der Waals surface area contributed by atoms with Crippen LogP contribution < -0.4 is 0 Å². The Labute approximate surface area is 107 Å². The summed E-state index contributed by atoms with van der Waals surface area (Å²) in [5, 5.41) is 0.567. The molecule has 2 heterocycles. The summed E-state index contributed by atoms with van der Waals surface area (Å²) < 4.78 is 5.83. The van der Waals surface area contributed by atoms with Crippen LogP contribution in [0.5, 0.6) is 0 Å². The van der Waals surface area contributed by atoms with Crippen LogP contribution >= 0.6 is 11.6 Å². The minimum atomic E-state index is 0.145. The molecule has 92 valence electrons. The maximum absolute atomic E-state index is 5.83. The van der Waals surface area contributed by atoms with Gasteiger partial charge in [0.2, 0.25) is 0 Å². The number of halogens is 1. The van der Waals surface area contributed by atoms with Crippen molar-refractivity contribution in [1.29, 1.82) is 0 Å². The third-order valence-corrected chi connectivity index (χ3v) is 4.87. The molecule has 1 aliphatic carbocycles. The largest absolute Gasteiger partial charge is 0.369 e. The van der Waals surface area contributed by atoms with E-state index in [0.717, 1.165) is 13.0 Å². The van der Waals surface area contributed by atoms with E-state index in [1.807, 2.05) is 12.3 Å². The Balaban J connectivity index is 1.77. The Bertz CT molecular complexity index is 422. The Morgan fingerprint density at radius 2 is 2.24 bits per heavy atom. The first kappa shape index (κ1) is 11.5. The molecule has 2 aliphatic rings. The molecule has 1 saturated heterocycles. The van der Waals surface area contributed by atoms with Gasteiger partial charge in [0.25, 0.3) is 0 Å². The van der Waals surface area contributed by atoms with Crippen molar-refractivity contribution in [3.05, 3.63) is 29.0 Å². The van der Waals surface area contributed by atoms with Crippen LogP contribution in [0.4, 0.5) is 0 Å². The average Bonchev–Trinajstić information content (AvgIpc) is 3.04. The van der Waals surface area contributed by atoms with Gasteiger partial charge in [-0.15, -0.1) is 0 Å². The van der Waals surface area contributed by atoms with Crippen molar-refractivity contribution in [3.63, 3.8) is 0 Å². The highest BCUT2D eigenvalue weighted by Gasteiger charge is 2.64. The zero-order chi connectivity index (χ0) is 12.1. The van der Waals surface area contributed by atoms with Crippen molar-refractivity contribution in [3.8, 4) is 0 Å². The molecule has 0 bridgehead atoms.